The molecule has 0 saturated heterocycles. The number of imidazole rings is 1. The molecule has 3 aromatic rings. The molecule has 0 N–H and O–H groups in total. The lowest BCUT2D eigenvalue weighted by Gasteiger charge is -2.07. The maximum Gasteiger partial charge on any atom is 0.337 e. The number of allylic oxidation sites excluding steroid dienone is 3. The lowest BCUT2D eigenvalue weighted by molar-refractivity contribution is 0.0601. The van der Waals surface area contributed by atoms with Crippen molar-refractivity contribution < 1.29 is 9.53 Å². The first kappa shape index (κ1) is 17.4. The van der Waals surface area contributed by atoms with Crippen LogP contribution in [-0.4, -0.2) is 35.9 Å². The van der Waals surface area contributed by atoms with Crippen LogP contribution in [0.2, 0.25) is 0 Å². The summed E-state index contributed by atoms with van der Waals surface area (Å²) in [4.78, 5) is 20.0. The van der Waals surface area contributed by atoms with Gasteiger partial charge in [-0.15, -0.1) is 0 Å². The minimum atomic E-state index is -0.354. The van der Waals surface area contributed by atoms with E-state index in [0.717, 1.165) is 27.9 Å². The molecule has 5 nitrogen and oxygen atoms in total. The van der Waals surface area contributed by atoms with Crippen LogP contribution in [0.4, 0.5) is 0 Å². The number of hydrogen-bond donors (Lipinski definition) is 0. The average molecular weight is 345 g/mol. The molecule has 0 saturated carbocycles. The van der Waals surface area contributed by atoms with Crippen molar-refractivity contribution in [3.8, 4) is 5.69 Å². The highest BCUT2D eigenvalue weighted by Crippen LogP contribution is 2.24. The van der Waals surface area contributed by atoms with Crippen LogP contribution in [0.1, 0.15) is 15.9 Å². The Kier molecular flexibility index (Phi) is 5.08. The zero-order chi connectivity index (χ0) is 18.5. The summed E-state index contributed by atoms with van der Waals surface area (Å²) in [6.07, 6.45) is 7.23. The minimum Gasteiger partial charge on any atom is -0.465 e. The first-order valence-corrected chi connectivity index (χ1v) is 8.09. The summed E-state index contributed by atoms with van der Waals surface area (Å²) in [5.74, 6) is -0.354. The highest BCUT2D eigenvalue weighted by Gasteiger charge is 2.09. The highest BCUT2D eigenvalue weighted by molar-refractivity contribution is 5.92. The van der Waals surface area contributed by atoms with E-state index in [-0.39, 0.29) is 5.97 Å². The molecule has 0 bridgehead atoms. The summed E-state index contributed by atoms with van der Waals surface area (Å²) >= 11 is 0. The van der Waals surface area contributed by atoms with Crippen molar-refractivity contribution in [1.29, 1.82) is 0 Å². The topological polar surface area (TPSA) is 56.5 Å². The Bertz CT molecular complexity index is 1010. The third-order valence-electron chi connectivity index (χ3n) is 4.07. The molecular formula is C21H19N3O2. The smallest absolute Gasteiger partial charge is 0.337 e. The van der Waals surface area contributed by atoms with Crippen LogP contribution >= 0.6 is 0 Å². The molecule has 0 amide bonds. The van der Waals surface area contributed by atoms with Crippen molar-refractivity contribution >= 4 is 28.8 Å². The van der Waals surface area contributed by atoms with Crippen LogP contribution in [0.5, 0.6) is 0 Å². The molecule has 3 rings (SSSR count). The first-order valence-electron chi connectivity index (χ1n) is 8.09. The van der Waals surface area contributed by atoms with E-state index in [9.17, 15) is 4.79 Å². The molecule has 0 fully saturated rings. The fourth-order valence-corrected chi connectivity index (χ4v) is 2.71. The quantitative estimate of drug-likeness (QED) is 0.398. The Hall–Kier alpha value is -3.47. The maximum atomic E-state index is 11.6. The second-order valence-electron chi connectivity index (χ2n) is 5.59. The number of hydrogen-bond acceptors (Lipinski definition) is 4. The monoisotopic (exact) mass is 345 g/mol. The van der Waals surface area contributed by atoms with Gasteiger partial charge in [0.05, 0.1) is 23.7 Å². The molecule has 5 heteroatoms. The van der Waals surface area contributed by atoms with Gasteiger partial charge in [0.2, 0.25) is 0 Å². The number of ether oxygens (including phenoxy) is 1. The summed E-state index contributed by atoms with van der Waals surface area (Å²) in [5.41, 5.74) is 5.29. The van der Waals surface area contributed by atoms with Crippen molar-refractivity contribution in [2.75, 3.05) is 14.2 Å². The first-order chi connectivity index (χ1) is 12.7. The molecule has 0 spiro atoms. The molecule has 0 aliphatic heterocycles. The number of aliphatic imine (C=N–C) groups is 1. The summed E-state index contributed by atoms with van der Waals surface area (Å²) in [6, 6.07) is 13.3. The van der Waals surface area contributed by atoms with Crippen LogP contribution in [-0.2, 0) is 4.74 Å². The van der Waals surface area contributed by atoms with Gasteiger partial charge in [0.1, 0.15) is 6.33 Å². The van der Waals surface area contributed by atoms with E-state index in [1.54, 1.807) is 37.8 Å². The molecule has 1 aromatic heterocycles. The molecule has 2 aromatic carbocycles. The van der Waals surface area contributed by atoms with Crippen molar-refractivity contribution in [2.45, 2.75) is 0 Å². The Morgan fingerprint density at radius 1 is 1.19 bits per heavy atom. The molecule has 0 aliphatic carbocycles. The van der Waals surface area contributed by atoms with Crippen molar-refractivity contribution in [3.05, 3.63) is 78.6 Å². The van der Waals surface area contributed by atoms with E-state index < -0.39 is 0 Å². The number of aromatic nitrogens is 2. The summed E-state index contributed by atoms with van der Waals surface area (Å²) in [5, 5.41) is 0. The van der Waals surface area contributed by atoms with E-state index in [0.29, 0.717) is 5.56 Å². The number of esters is 1. The van der Waals surface area contributed by atoms with Crippen molar-refractivity contribution in [1.82, 2.24) is 9.55 Å². The lowest BCUT2D eigenvalue weighted by atomic mass is 10.0. The predicted molar refractivity (Wildman–Crippen MR) is 105 cm³/mol. The number of benzene rings is 2. The Morgan fingerprint density at radius 3 is 2.58 bits per heavy atom. The summed E-state index contributed by atoms with van der Waals surface area (Å²) < 4.78 is 6.72. The molecule has 0 radical (unpaired) electrons. The number of methoxy groups -OCH3 is 1. The number of rotatable bonds is 5. The standard InChI is InChI=1S/C21H19N3O2/c1-4-15(11-12-22-2)17-7-10-19-20(13-17)24(14-23-19)18-8-5-16(6-9-18)21(25)26-3/h4-14H,1H2,2-3H3/b15-11+,22-12?. The van der Waals surface area contributed by atoms with E-state index in [2.05, 4.69) is 22.6 Å². The van der Waals surface area contributed by atoms with Crippen LogP contribution in [0.3, 0.4) is 0 Å². The second kappa shape index (κ2) is 7.61. The zero-order valence-electron chi connectivity index (χ0n) is 14.7. The van der Waals surface area contributed by atoms with Gasteiger partial charge < -0.3 is 4.74 Å². The predicted octanol–water partition coefficient (Wildman–Crippen LogP) is 4.08. The van der Waals surface area contributed by atoms with E-state index in [4.69, 9.17) is 4.74 Å². The van der Waals surface area contributed by atoms with Gasteiger partial charge in [-0.2, -0.15) is 0 Å². The number of fused-ring (bicyclic) bond motifs is 1. The zero-order valence-corrected chi connectivity index (χ0v) is 14.7. The lowest BCUT2D eigenvalue weighted by Crippen LogP contribution is -2.01. The third-order valence-corrected chi connectivity index (χ3v) is 4.07. The summed E-state index contributed by atoms with van der Waals surface area (Å²) in [6.45, 7) is 3.88. The van der Waals surface area contributed by atoms with E-state index in [1.165, 1.54) is 7.11 Å². The normalized spacial score (nSPS) is 11.8. The third kappa shape index (κ3) is 3.32. The van der Waals surface area contributed by atoms with Gasteiger partial charge in [-0.1, -0.05) is 18.7 Å². The van der Waals surface area contributed by atoms with Gasteiger partial charge in [0.15, 0.2) is 0 Å². The average Bonchev–Trinajstić information content (AvgIpc) is 3.11. The fraction of sp³-hybridized carbons (Fsp3) is 0.0952. The molecule has 0 unspecified atom stereocenters. The van der Waals surface area contributed by atoms with Gasteiger partial charge in [-0.3, -0.25) is 9.56 Å². The van der Waals surface area contributed by atoms with Gasteiger partial charge >= 0.3 is 5.97 Å². The molecule has 0 aliphatic rings. The van der Waals surface area contributed by atoms with E-state index >= 15 is 0 Å². The van der Waals surface area contributed by atoms with Crippen LogP contribution < -0.4 is 0 Å². The SMILES string of the molecule is C=C/C(=C\C=NC)c1ccc2ncn(-c3ccc(C(=O)OC)cc3)c2c1. The van der Waals surface area contributed by atoms with Gasteiger partial charge in [0, 0.05) is 18.9 Å². The molecule has 130 valence electrons. The number of carbonyl (C=O) groups is 1. The number of carbonyl (C=O) groups excluding carboxylic acids is 1. The molecule has 0 atom stereocenters. The van der Waals surface area contributed by atoms with Gasteiger partial charge in [-0.25, -0.2) is 9.78 Å². The minimum absolute atomic E-state index is 0.354. The van der Waals surface area contributed by atoms with Gasteiger partial charge in [-0.05, 0) is 53.6 Å². The Labute approximate surface area is 152 Å². The largest absolute Gasteiger partial charge is 0.465 e. The van der Waals surface area contributed by atoms with Crippen molar-refractivity contribution in [3.63, 3.8) is 0 Å². The molecule has 26 heavy (non-hydrogen) atoms. The van der Waals surface area contributed by atoms with Gasteiger partial charge in [0.25, 0.3) is 0 Å². The fourth-order valence-electron chi connectivity index (χ4n) is 2.71. The van der Waals surface area contributed by atoms with E-state index in [1.807, 2.05) is 34.9 Å². The number of nitrogens with zero attached hydrogens (tertiary/aromatic N) is 3. The van der Waals surface area contributed by atoms with Crippen LogP contribution in [0.15, 0.2) is 72.5 Å². The molecular weight excluding hydrogens is 326 g/mol. The summed E-state index contributed by atoms with van der Waals surface area (Å²) in [7, 11) is 3.10. The Balaban J connectivity index is 2.06. The van der Waals surface area contributed by atoms with Crippen LogP contribution in [0, 0.1) is 0 Å². The maximum absolute atomic E-state index is 11.6. The Morgan fingerprint density at radius 2 is 1.92 bits per heavy atom. The van der Waals surface area contributed by atoms with Crippen LogP contribution in [0.25, 0.3) is 22.3 Å². The molecule has 1 heterocycles. The highest BCUT2D eigenvalue weighted by atomic mass is 16.5. The van der Waals surface area contributed by atoms with Crippen molar-refractivity contribution in [2.24, 2.45) is 4.99 Å². The second-order valence-corrected chi connectivity index (χ2v) is 5.59.